The van der Waals surface area contributed by atoms with Gasteiger partial charge in [-0.2, -0.15) is 0 Å². The van der Waals surface area contributed by atoms with Crippen LogP contribution in [0.3, 0.4) is 0 Å². The molecule has 0 saturated heterocycles. The molecule has 12 heavy (non-hydrogen) atoms. The van der Waals surface area contributed by atoms with Crippen molar-refractivity contribution in [3.05, 3.63) is 12.2 Å². The van der Waals surface area contributed by atoms with E-state index >= 15 is 0 Å². The highest BCUT2D eigenvalue weighted by atomic mass is 16.7. The van der Waals surface area contributed by atoms with Gasteiger partial charge in [0.1, 0.15) is 0 Å². The fourth-order valence-corrected chi connectivity index (χ4v) is 0.643. The van der Waals surface area contributed by atoms with E-state index in [1.165, 1.54) is 12.2 Å². The van der Waals surface area contributed by atoms with Crippen LogP contribution in [-0.4, -0.2) is 23.5 Å². The van der Waals surface area contributed by atoms with Gasteiger partial charge < -0.3 is 0 Å². The van der Waals surface area contributed by atoms with Crippen LogP contribution in [0, 0.1) is 0 Å². The van der Waals surface area contributed by atoms with Gasteiger partial charge in [-0.15, -0.1) is 5.06 Å². The molecule has 0 spiro atoms. The Morgan fingerprint density at radius 1 is 1.25 bits per heavy atom. The highest BCUT2D eigenvalue weighted by Gasteiger charge is 2.23. The lowest BCUT2D eigenvalue weighted by molar-refractivity contribution is -0.184. The Kier molecular flexibility index (Phi) is 4.96. The normalized spacial score (nSPS) is 14.8. The Hall–Kier alpha value is -1.16. The summed E-state index contributed by atoms with van der Waals surface area (Å²) in [5.74, 6) is -0.821. The lowest BCUT2D eigenvalue weighted by Gasteiger charge is -2.10. The van der Waals surface area contributed by atoms with E-state index in [0.717, 1.165) is 5.06 Å². The van der Waals surface area contributed by atoms with Gasteiger partial charge in [-0.05, 0) is 6.92 Å². The first kappa shape index (κ1) is 10.8. The highest BCUT2D eigenvalue weighted by molar-refractivity contribution is 6.11. The second-order valence-corrected chi connectivity index (χ2v) is 1.72. The van der Waals surface area contributed by atoms with E-state index in [0.29, 0.717) is 6.61 Å². The Balaban J connectivity index is 0.000000561. The van der Waals surface area contributed by atoms with Crippen LogP contribution in [0.15, 0.2) is 12.2 Å². The minimum absolute atomic E-state index is 0.319. The summed E-state index contributed by atoms with van der Waals surface area (Å²) in [5.41, 5.74) is 0. The third-order valence-electron chi connectivity index (χ3n) is 1.03. The molecule has 0 unspecified atom stereocenters. The molecule has 1 aliphatic rings. The van der Waals surface area contributed by atoms with Crippen LogP contribution in [0.5, 0.6) is 0 Å². The first-order valence-corrected chi connectivity index (χ1v) is 3.94. The lowest BCUT2D eigenvalue weighted by Crippen LogP contribution is -2.29. The quantitative estimate of drug-likeness (QED) is 0.579. The standard InChI is InChI=1S/C6H7NO3.C2H6/c1-2-10-7-5(8)3-4-6(7)9;1-2/h3-4H,2H2,1H3;1-2H3. The topological polar surface area (TPSA) is 46.6 Å². The predicted octanol–water partition coefficient (Wildman–Crippen LogP) is 0.889. The van der Waals surface area contributed by atoms with Crippen molar-refractivity contribution in [1.29, 1.82) is 0 Å². The van der Waals surface area contributed by atoms with Gasteiger partial charge in [-0.1, -0.05) is 13.8 Å². The average molecular weight is 171 g/mol. The van der Waals surface area contributed by atoms with Crippen LogP contribution < -0.4 is 0 Å². The molecule has 1 heterocycles. The Labute approximate surface area is 71.8 Å². The summed E-state index contributed by atoms with van der Waals surface area (Å²) in [4.78, 5) is 26.0. The minimum atomic E-state index is -0.410. The molecule has 0 aromatic rings. The van der Waals surface area contributed by atoms with Crippen molar-refractivity contribution in [3.63, 3.8) is 0 Å². The molecule has 0 atom stereocenters. The van der Waals surface area contributed by atoms with Gasteiger partial charge in [0.15, 0.2) is 0 Å². The SMILES string of the molecule is CC.CCON1C(=O)C=CC1=O. The van der Waals surface area contributed by atoms with Crippen molar-refractivity contribution in [2.75, 3.05) is 6.61 Å². The number of hydrogen-bond acceptors (Lipinski definition) is 3. The number of amides is 2. The second kappa shape index (κ2) is 5.49. The van der Waals surface area contributed by atoms with Gasteiger partial charge in [-0.3, -0.25) is 14.4 Å². The Morgan fingerprint density at radius 2 is 1.67 bits per heavy atom. The predicted molar refractivity (Wildman–Crippen MR) is 44.0 cm³/mol. The van der Waals surface area contributed by atoms with Crippen molar-refractivity contribution in [2.24, 2.45) is 0 Å². The van der Waals surface area contributed by atoms with E-state index in [1.807, 2.05) is 13.8 Å². The molecule has 4 nitrogen and oxygen atoms in total. The van der Waals surface area contributed by atoms with E-state index < -0.39 is 11.8 Å². The van der Waals surface area contributed by atoms with Gasteiger partial charge >= 0.3 is 0 Å². The molecule has 4 heteroatoms. The molecule has 0 aromatic heterocycles. The molecule has 0 aromatic carbocycles. The van der Waals surface area contributed by atoms with Crippen molar-refractivity contribution >= 4 is 11.8 Å². The molecule has 0 fully saturated rings. The summed E-state index contributed by atoms with van der Waals surface area (Å²) in [7, 11) is 0. The molecule has 0 aliphatic carbocycles. The Bertz CT molecular complexity index is 180. The monoisotopic (exact) mass is 171 g/mol. The van der Waals surface area contributed by atoms with Crippen molar-refractivity contribution in [2.45, 2.75) is 20.8 Å². The summed E-state index contributed by atoms with van der Waals surface area (Å²) >= 11 is 0. The van der Waals surface area contributed by atoms with Gasteiger partial charge in [0.2, 0.25) is 0 Å². The third-order valence-corrected chi connectivity index (χ3v) is 1.03. The molecule has 0 saturated carbocycles. The van der Waals surface area contributed by atoms with Gasteiger partial charge in [0, 0.05) is 12.2 Å². The van der Waals surface area contributed by atoms with E-state index in [9.17, 15) is 9.59 Å². The van der Waals surface area contributed by atoms with E-state index in [-0.39, 0.29) is 0 Å². The van der Waals surface area contributed by atoms with Crippen LogP contribution in [0.25, 0.3) is 0 Å². The summed E-state index contributed by atoms with van der Waals surface area (Å²) in [6, 6.07) is 0. The van der Waals surface area contributed by atoms with Crippen molar-refractivity contribution in [3.8, 4) is 0 Å². The summed E-state index contributed by atoms with van der Waals surface area (Å²) in [6.07, 6.45) is 2.36. The first-order valence-electron chi connectivity index (χ1n) is 3.94. The number of nitrogens with zero attached hydrogens (tertiary/aromatic N) is 1. The molecule has 2 amide bonds. The molecule has 0 radical (unpaired) electrons. The molecular formula is C8H13NO3. The molecule has 1 rings (SSSR count). The van der Waals surface area contributed by atoms with E-state index in [2.05, 4.69) is 0 Å². The number of imide groups is 1. The number of carbonyl (C=O) groups excluding carboxylic acids is 2. The number of rotatable bonds is 2. The maximum absolute atomic E-state index is 10.7. The second-order valence-electron chi connectivity index (χ2n) is 1.72. The van der Waals surface area contributed by atoms with E-state index in [4.69, 9.17) is 4.84 Å². The zero-order valence-corrected chi connectivity index (χ0v) is 7.53. The fraction of sp³-hybridized carbons (Fsp3) is 0.500. The lowest BCUT2D eigenvalue weighted by atomic mass is 10.6. The number of hydrogen-bond donors (Lipinski definition) is 0. The summed E-state index contributed by atoms with van der Waals surface area (Å²) in [6.45, 7) is 6.03. The van der Waals surface area contributed by atoms with Crippen molar-refractivity contribution < 1.29 is 14.4 Å². The summed E-state index contributed by atoms with van der Waals surface area (Å²) in [5, 5.41) is 0.736. The molecule has 68 valence electrons. The third kappa shape index (κ3) is 2.47. The van der Waals surface area contributed by atoms with Gasteiger partial charge in [0.05, 0.1) is 6.61 Å². The smallest absolute Gasteiger partial charge is 0.267 e. The largest absolute Gasteiger partial charge is 0.277 e. The maximum atomic E-state index is 10.7. The van der Waals surface area contributed by atoms with Crippen LogP contribution in [-0.2, 0) is 14.4 Å². The first-order chi connectivity index (χ1) is 5.75. The average Bonchev–Trinajstić information content (AvgIpc) is 2.40. The zero-order chi connectivity index (χ0) is 9.56. The molecule has 1 aliphatic heterocycles. The van der Waals surface area contributed by atoms with Crippen LogP contribution in [0.2, 0.25) is 0 Å². The Morgan fingerprint density at radius 3 is 2.00 bits per heavy atom. The summed E-state index contributed by atoms with van der Waals surface area (Å²) < 4.78 is 0. The van der Waals surface area contributed by atoms with Gasteiger partial charge in [0.25, 0.3) is 11.8 Å². The molecule has 0 N–H and O–H groups in total. The fourth-order valence-electron chi connectivity index (χ4n) is 0.643. The van der Waals surface area contributed by atoms with Crippen molar-refractivity contribution in [1.82, 2.24) is 5.06 Å². The van der Waals surface area contributed by atoms with Crippen LogP contribution in [0.1, 0.15) is 20.8 Å². The zero-order valence-electron chi connectivity index (χ0n) is 7.53. The van der Waals surface area contributed by atoms with Crippen LogP contribution in [0.4, 0.5) is 0 Å². The highest BCUT2D eigenvalue weighted by Crippen LogP contribution is 2.02. The molecular weight excluding hydrogens is 158 g/mol. The number of carbonyl (C=O) groups is 2. The molecule has 0 bridgehead atoms. The van der Waals surface area contributed by atoms with Crippen LogP contribution >= 0.6 is 0 Å². The van der Waals surface area contributed by atoms with E-state index in [1.54, 1.807) is 6.92 Å². The number of hydroxylamine groups is 2. The maximum Gasteiger partial charge on any atom is 0.277 e. The van der Waals surface area contributed by atoms with Gasteiger partial charge in [-0.25, -0.2) is 0 Å². The minimum Gasteiger partial charge on any atom is -0.267 e.